The van der Waals surface area contributed by atoms with Crippen molar-refractivity contribution in [2.45, 2.75) is 54.9 Å². The molecule has 0 aliphatic heterocycles. The molecule has 0 unspecified atom stereocenters. The zero-order chi connectivity index (χ0) is 31.0. The van der Waals surface area contributed by atoms with E-state index in [1.54, 1.807) is 0 Å². The maximum Gasteiger partial charge on any atom is 0.147 e. The van der Waals surface area contributed by atoms with Gasteiger partial charge >= 0.3 is 0 Å². The van der Waals surface area contributed by atoms with Gasteiger partial charge in [0.05, 0.1) is 5.58 Å². The molecule has 0 N–H and O–H groups in total. The van der Waals surface area contributed by atoms with Crippen LogP contribution in [0.3, 0.4) is 0 Å². The normalized spacial score (nSPS) is 11.4. The molecule has 0 fully saturated rings. The van der Waals surface area contributed by atoms with Crippen molar-refractivity contribution >= 4 is 32.8 Å². The first-order valence-electron chi connectivity index (χ1n) is 15.1. The van der Waals surface area contributed by atoms with Crippen molar-refractivity contribution in [1.29, 1.82) is 0 Å². The minimum atomic E-state index is 0. The zero-order valence-corrected chi connectivity index (χ0v) is 29.3. The molecule has 1 radical (unpaired) electrons. The topological polar surface area (TPSA) is 51.8 Å². The Labute approximate surface area is 279 Å². The summed E-state index contributed by atoms with van der Waals surface area (Å²) in [6.45, 7) is 15.2. The van der Waals surface area contributed by atoms with Gasteiger partial charge in [-0.2, -0.15) is 0 Å². The molecular formula is C40H37IrN3O-2. The Kier molecular flexibility index (Phi) is 9.34. The SMILES string of the molecule is Cc1c[c-]c(-c2cc(C)c(C)cn2)cc1.Cc1cnc(-c2[c-]ccc3c2oc2c3ccc3cccnc32)cc1CC(C)(C)C.[Ir]. The molecule has 7 rings (SSSR count). The molecule has 5 heteroatoms. The number of hydrogen-bond acceptors (Lipinski definition) is 4. The second kappa shape index (κ2) is 13.0. The van der Waals surface area contributed by atoms with Gasteiger partial charge in [-0.05, 0) is 61.2 Å². The van der Waals surface area contributed by atoms with E-state index >= 15 is 0 Å². The molecule has 0 amide bonds. The molecule has 0 spiro atoms. The summed E-state index contributed by atoms with van der Waals surface area (Å²) in [4.78, 5) is 13.7. The van der Waals surface area contributed by atoms with Crippen LogP contribution in [0.2, 0.25) is 0 Å². The van der Waals surface area contributed by atoms with Crippen molar-refractivity contribution < 1.29 is 24.5 Å². The summed E-state index contributed by atoms with van der Waals surface area (Å²) < 4.78 is 6.39. The van der Waals surface area contributed by atoms with Crippen LogP contribution >= 0.6 is 0 Å². The van der Waals surface area contributed by atoms with E-state index in [0.717, 1.165) is 61.8 Å². The summed E-state index contributed by atoms with van der Waals surface area (Å²) in [5, 5.41) is 3.22. The van der Waals surface area contributed by atoms with E-state index in [2.05, 4.69) is 119 Å². The molecule has 0 saturated carbocycles. The Morgan fingerprint density at radius 3 is 2.22 bits per heavy atom. The Hall–Kier alpha value is -4.18. The molecule has 4 heterocycles. The minimum Gasteiger partial charge on any atom is -0.498 e. The number of aryl methyl sites for hydroxylation is 4. The molecule has 0 atom stereocenters. The van der Waals surface area contributed by atoms with E-state index in [1.807, 2.05) is 36.8 Å². The number of rotatable bonds is 3. The number of benzene rings is 3. The van der Waals surface area contributed by atoms with Gasteiger partial charge in [0.2, 0.25) is 0 Å². The van der Waals surface area contributed by atoms with Crippen LogP contribution in [-0.2, 0) is 26.5 Å². The molecule has 3 aromatic carbocycles. The van der Waals surface area contributed by atoms with Gasteiger partial charge in [0.25, 0.3) is 0 Å². The van der Waals surface area contributed by atoms with Crippen LogP contribution in [0.4, 0.5) is 0 Å². The Morgan fingerprint density at radius 2 is 1.49 bits per heavy atom. The predicted octanol–water partition coefficient (Wildman–Crippen LogP) is 10.4. The van der Waals surface area contributed by atoms with Crippen molar-refractivity contribution in [3.05, 3.63) is 125 Å². The van der Waals surface area contributed by atoms with Gasteiger partial charge in [0.15, 0.2) is 0 Å². The summed E-state index contributed by atoms with van der Waals surface area (Å²) in [6.07, 6.45) is 6.68. The molecule has 7 aromatic rings. The standard InChI is InChI=1S/C26H23N2O.C14H14N.Ir/c1-16-15-28-22(13-18(16)14-26(2,3)4)21-9-5-8-19-20-11-10-17-7-6-12-27-23(17)25(20)29-24(19)21;1-10-4-6-13(7-5-10)14-8-11(2)12(3)9-15-14;/h5-8,10-13,15H,14H2,1-4H3;4-6,8-9H,1-3H3;/q2*-1;. The van der Waals surface area contributed by atoms with Gasteiger partial charge in [-0.15, -0.1) is 53.6 Å². The summed E-state index contributed by atoms with van der Waals surface area (Å²) >= 11 is 0. The van der Waals surface area contributed by atoms with Gasteiger partial charge in [-0.25, -0.2) is 0 Å². The predicted molar refractivity (Wildman–Crippen MR) is 182 cm³/mol. The second-order valence-electron chi connectivity index (χ2n) is 12.9. The number of fused-ring (bicyclic) bond motifs is 5. The number of aromatic nitrogens is 3. The van der Waals surface area contributed by atoms with Gasteiger partial charge < -0.3 is 14.4 Å². The van der Waals surface area contributed by atoms with Crippen LogP contribution in [0.25, 0.3) is 55.4 Å². The first kappa shape index (κ1) is 32.2. The molecule has 0 saturated heterocycles. The fourth-order valence-corrected chi connectivity index (χ4v) is 5.43. The molecule has 0 aliphatic carbocycles. The number of pyridine rings is 3. The van der Waals surface area contributed by atoms with Crippen molar-refractivity contribution in [2.24, 2.45) is 5.41 Å². The van der Waals surface area contributed by atoms with Gasteiger partial charge in [0, 0.05) is 49.5 Å². The van der Waals surface area contributed by atoms with E-state index < -0.39 is 0 Å². The Bertz CT molecular complexity index is 2120. The third-order valence-corrected chi connectivity index (χ3v) is 7.98. The molecule has 0 bridgehead atoms. The monoisotopic (exact) mass is 768 g/mol. The van der Waals surface area contributed by atoms with Crippen LogP contribution in [0.5, 0.6) is 0 Å². The average molecular weight is 768 g/mol. The quantitative estimate of drug-likeness (QED) is 0.168. The van der Waals surface area contributed by atoms with E-state index in [1.165, 1.54) is 27.8 Å². The first-order valence-corrected chi connectivity index (χ1v) is 15.1. The molecule has 4 nitrogen and oxygen atoms in total. The summed E-state index contributed by atoms with van der Waals surface area (Å²) in [5.74, 6) is 0. The molecule has 4 aromatic heterocycles. The van der Waals surface area contributed by atoms with Gasteiger partial charge in [-0.1, -0.05) is 80.1 Å². The van der Waals surface area contributed by atoms with Gasteiger partial charge in [-0.3, -0.25) is 4.98 Å². The first-order chi connectivity index (χ1) is 21.1. The fourth-order valence-electron chi connectivity index (χ4n) is 5.43. The minimum absolute atomic E-state index is 0. The Morgan fingerprint density at radius 1 is 0.733 bits per heavy atom. The van der Waals surface area contributed by atoms with Crippen molar-refractivity contribution in [1.82, 2.24) is 15.0 Å². The second-order valence-corrected chi connectivity index (χ2v) is 12.9. The number of hydrogen-bond donors (Lipinski definition) is 0. The summed E-state index contributed by atoms with van der Waals surface area (Å²) in [5.41, 5.74) is 12.9. The van der Waals surface area contributed by atoms with Crippen molar-refractivity contribution in [3.63, 3.8) is 0 Å². The third-order valence-electron chi connectivity index (χ3n) is 7.98. The van der Waals surface area contributed by atoms with Gasteiger partial charge in [0.1, 0.15) is 11.1 Å². The zero-order valence-electron chi connectivity index (χ0n) is 26.9. The maximum absolute atomic E-state index is 6.39. The van der Waals surface area contributed by atoms with Crippen LogP contribution in [0.15, 0.2) is 89.7 Å². The van der Waals surface area contributed by atoms with Crippen molar-refractivity contribution in [3.8, 4) is 22.5 Å². The smallest absolute Gasteiger partial charge is 0.147 e. The maximum atomic E-state index is 6.39. The van der Waals surface area contributed by atoms with Crippen LogP contribution in [-0.4, -0.2) is 15.0 Å². The molecule has 0 aliphatic rings. The summed E-state index contributed by atoms with van der Waals surface area (Å²) in [6, 6.07) is 29.3. The largest absolute Gasteiger partial charge is 0.498 e. The number of furan rings is 1. The van der Waals surface area contributed by atoms with Crippen molar-refractivity contribution in [2.75, 3.05) is 0 Å². The molecule has 229 valence electrons. The summed E-state index contributed by atoms with van der Waals surface area (Å²) in [7, 11) is 0. The van der Waals surface area contributed by atoms with E-state index in [4.69, 9.17) is 9.40 Å². The Balaban J connectivity index is 0.000000212. The fraction of sp³-hybridized carbons (Fsp3) is 0.225. The van der Waals surface area contributed by atoms with Crippen LogP contribution < -0.4 is 0 Å². The van der Waals surface area contributed by atoms with E-state index in [9.17, 15) is 0 Å². The van der Waals surface area contributed by atoms with Crippen LogP contribution in [0.1, 0.15) is 48.6 Å². The van der Waals surface area contributed by atoms with Crippen LogP contribution in [0, 0.1) is 45.2 Å². The van der Waals surface area contributed by atoms with E-state index in [0.29, 0.717) is 0 Å². The molecule has 45 heavy (non-hydrogen) atoms. The average Bonchev–Trinajstić information content (AvgIpc) is 3.39. The number of nitrogens with zero attached hydrogens (tertiary/aromatic N) is 3. The third kappa shape index (κ3) is 6.91. The molecular weight excluding hydrogens is 731 g/mol. The van der Waals surface area contributed by atoms with E-state index in [-0.39, 0.29) is 25.5 Å².